The molecular formula is C22H28FN3O3. The van der Waals surface area contributed by atoms with E-state index in [0.717, 1.165) is 6.42 Å². The molecule has 3 rings (SSSR count). The Bertz CT molecular complexity index is 878. The summed E-state index contributed by atoms with van der Waals surface area (Å²) in [5.74, 6) is 0.0957. The Hall–Kier alpha value is -2.70. The van der Waals surface area contributed by atoms with Crippen molar-refractivity contribution in [1.82, 2.24) is 15.4 Å². The number of hydrogen-bond acceptors (Lipinski definition) is 4. The van der Waals surface area contributed by atoms with Crippen LogP contribution >= 0.6 is 0 Å². The highest BCUT2D eigenvalue weighted by molar-refractivity contribution is 5.97. The number of nitrogens with zero attached hydrogens (tertiary/aromatic N) is 2. The lowest BCUT2D eigenvalue weighted by atomic mass is 9.94. The molecule has 1 fully saturated rings. The summed E-state index contributed by atoms with van der Waals surface area (Å²) in [4.78, 5) is 27.6. The molecule has 7 heteroatoms. The lowest BCUT2D eigenvalue weighted by Gasteiger charge is -2.40. The first-order valence-corrected chi connectivity index (χ1v) is 10.1. The molecule has 2 unspecified atom stereocenters. The van der Waals surface area contributed by atoms with Crippen LogP contribution in [0.2, 0.25) is 0 Å². The van der Waals surface area contributed by atoms with E-state index in [0.29, 0.717) is 30.2 Å². The van der Waals surface area contributed by atoms with Crippen molar-refractivity contribution in [2.75, 3.05) is 6.54 Å². The maximum absolute atomic E-state index is 13.5. The predicted molar refractivity (Wildman–Crippen MR) is 108 cm³/mol. The second kappa shape index (κ2) is 8.76. The highest BCUT2D eigenvalue weighted by Gasteiger charge is 2.38. The molecule has 1 aliphatic rings. The van der Waals surface area contributed by atoms with Crippen LogP contribution in [0.15, 0.2) is 34.9 Å². The number of amides is 2. The maximum atomic E-state index is 13.5. The third-order valence-electron chi connectivity index (χ3n) is 4.99. The van der Waals surface area contributed by atoms with E-state index in [2.05, 4.69) is 24.3 Å². The average Bonchev–Trinajstić information content (AvgIpc) is 3.12. The number of nitrogens with one attached hydrogen (secondary N) is 1. The minimum atomic E-state index is -0.541. The van der Waals surface area contributed by atoms with E-state index in [-0.39, 0.29) is 29.5 Å². The molecule has 1 aromatic carbocycles. The van der Waals surface area contributed by atoms with E-state index in [1.165, 1.54) is 18.2 Å². The number of carbonyl (C=O) groups excluding carboxylic acids is 2. The van der Waals surface area contributed by atoms with Crippen molar-refractivity contribution in [1.29, 1.82) is 0 Å². The van der Waals surface area contributed by atoms with Gasteiger partial charge in [0.05, 0.1) is 0 Å². The molecule has 1 aromatic heterocycles. The van der Waals surface area contributed by atoms with Gasteiger partial charge in [0.2, 0.25) is 5.91 Å². The molecule has 6 nitrogen and oxygen atoms in total. The van der Waals surface area contributed by atoms with Gasteiger partial charge in [-0.05, 0) is 36.8 Å². The smallest absolute Gasteiger partial charge is 0.276 e. The van der Waals surface area contributed by atoms with Gasteiger partial charge in [0, 0.05) is 24.2 Å². The molecule has 2 atom stereocenters. The number of benzene rings is 1. The summed E-state index contributed by atoms with van der Waals surface area (Å²) in [6.07, 6.45) is 1.36. The standard InChI is InChI=1S/C22H28FN3O3/c1-13(2)8-17-12-26(19(9-14(3)4)21(27)24-17)22(28)18-11-20(29-25-18)15-6-5-7-16(23)10-15/h5-7,10-11,13-14,17,19H,8-9,12H2,1-4H3,(H,24,27). The number of aromatic nitrogens is 1. The number of rotatable bonds is 6. The molecule has 0 spiro atoms. The fourth-order valence-corrected chi connectivity index (χ4v) is 3.76. The summed E-state index contributed by atoms with van der Waals surface area (Å²) in [5, 5.41) is 6.96. The zero-order valence-corrected chi connectivity index (χ0v) is 17.3. The summed E-state index contributed by atoms with van der Waals surface area (Å²) < 4.78 is 18.8. The van der Waals surface area contributed by atoms with E-state index in [4.69, 9.17) is 4.52 Å². The van der Waals surface area contributed by atoms with Crippen molar-refractivity contribution in [2.24, 2.45) is 11.8 Å². The Morgan fingerprint density at radius 2 is 1.97 bits per heavy atom. The van der Waals surface area contributed by atoms with Crippen LogP contribution in [0.5, 0.6) is 0 Å². The van der Waals surface area contributed by atoms with Crippen molar-refractivity contribution in [3.63, 3.8) is 0 Å². The van der Waals surface area contributed by atoms with E-state index in [1.54, 1.807) is 17.0 Å². The molecule has 2 amide bonds. The van der Waals surface area contributed by atoms with Crippen LogP contribution in [0.25, 0.3) is 11.3 Å². The van der Waals surface area contributed by atoms with Gasteiger partial charge in [-0.15, -0.1) is 0 Å². The van der Waals surface area contributed by atoms with Gasteiger partial charge in [0.1, 0.15) is 11.9 Å². The summed E-state index contributed by atoms with van der Waals surface area (Å²) in [7, 11) is 0. The summed E-state index contributed by atoms with van der Waals surface area (Å²) in [6, 6.07) is 6.79. The minimum absolute atomic E-state index is 0.0931. The summed E-state index contributed by atoms with van der Waals surface area (Å²) in [6.45, 7) is 8.65. The molecule has 2 aromatic rings. The number of carbonyl (C=O) groups is 2. The van der Waals surface area contributed by atoms with Gasteiger partial charge >= 0.3 is 0 Å². The first-order chi connectivity index (χ1) is 13.7. The Balaban J connectivity index is 1.86. The van der Waals surface area contributed by atoms with Gasteiger partial charge < -0.3 is 14.7 Å². The second-order valence-electron chi connectivity index (χ2n) is 8.52. The molecule has 1 N–H and O–H groups in total. The first kappa shape index (κ1) is 21.0. The van der Waals surface area contributed by atoms with Gasteiger partial charge in [0.15, 0.2) is 11.5 Å². The van der Waals surface area contributed by atoms with Gasteiger partial charge in [-0.1, -0.05) is 45.0 Å². The van der Waals surface area contributed by atoms with Crippen molar-refractivity contribution >= 4 is 11.8 Å². The Kier molecular flexibility index (Phi) is 6.35. The highest BCUT2D eigenvalue weighted by atomic mass is 19.1. The molecule has 2 heterocycles. The van der Waals surface area contributed by atoms with Crippen LogP contribution in [-0.2, 0) is 4.79 Å². The molecular weight excluding hydrogens is 373 g/mol. The largest absolute Gasteiger partial charge is 0.355 e. The molecule has 29 heavy (non-hydrogen) atoms. The molecule has 0 aliphatic carbocycles. The van der Waals surface area contributed by atoms with Gasteiger partial charge in [-0.3, -0.25) is 9.59 Å². The third-order valence-corrected chi connectivity index (χ3v) is 4.99. The zero-order chi connectivity index (χ0) is 21.1. The fourth-order valence-electron chi connectivity index (χ4n) is 3.76. The SMILES string of the molecule is CC(C)CC1CN(C(=O)c2cc(-c3cccc(F)c3)on2)C(CC(C)C)C(=O)N1. The molecule has 156 valence electrons. The lowest BCUT2D eigenvalue weighted by Crippen LogP contribution is -2.62. The average molecular weight is 401 g/mol. The molecule has 0 radical (unpaired) electrons. The highest BCUT2D eigenvalue weighted by Crippen LogP contribution is 2.25. The fraction of sp³-hybridized carbons (Fsp3) is 0.500. The van der Waals surface area contributed by atoms with Gasteiger partial charge in [0.25, 0.3) is 5.91 Å². The third kappa shape index (κ3) is 5.02. The molecule has 1 aliphatic heterocycles. The Labute approximate surface area is 170 Å². The van der Waals surface area contributed by atoms with Crippen LogP contribution in [-0.4, -0.2) is 40.5 Å². The lowest BCUT2D eigenvalue weighted by molar-refractivity contribution is -0.130. The molecule has 0 bridgehead atoms. The number of hydrogen-bond donors (Lipinski definition) is 1. The molecule has 0 saturated carbocycles. The van der Waals surface area contributed by atoms with Crippen LogP contribution in [0, 0.1) is 17.7 Å². The zero-order valence-electron chi connectivity index (χ0n) is 17.3. The number of halogens is 1. The second-order valence-corrected chi connectivity index (χ2v) is 8.52. The van der Waals surface area contributed by atoms with Crippen LogP contribution in [0.4, 0.5) is 4.39 Å². The van der Waals surface area contributed by atoms with Crippen molar-refractivity contribution in [3.8, 4) is 11.3 Å². The monoisotopic (exact) mass is 401 g/mol. The van der Waals surface area contributed by atoms with E-state index in [1.807, 2.05) is 13.8 Å². The van der Waals surface area contributed by atoms with Crippen LogP contribution < -0.4 is 5.32 Å². The predicted octanol–water partition coefficient (Wildman–Crippen LogP) is 3.88. The number of piperazine rings is 1. The van der Waals surface area contributed by atoms with Crippen molar-refractivity contribution < 1.29 is 18.5 Å². The van der Waals surface area contributed by atoms with Crippen LogP contribution in [0.1, 0.15) is 51.0 Å². The normalized spacial score (nSPS) is 19.7. The van der Waals surface area contributed by atoms with Crippen molar-refractivity contribution in [3.05, 3.63) is 41.8 Å². The van der Waals surface area contributed by atoms with E-state index >= 15 is 0 Å². The van der Waals surface area contributed by atoms with E-state index in [9.17, 15) is 14.0 Å². The summed E-state index contributed by atoms with van der Waals surface area (Å²) >= 11 is 0. The van der Waals surface area contributed by atoms with E-state index < -0.39 is 11.9 Å². The first-order valence-electron chi connectivity index (χ1n) is 10.1. The van der Waals surface area contributed by atoms with Crippen molar-refractivity contribution in [2.45, 2.75) is 52.6 Å². The topological polar surface area (TPSA) is 75.4 Å². The minimum Gasteiger partial charge on any atom is -0.355 e. The quantitative estimate of drug-likeness (QED) is 0.797. The summed E-state index contributed by atoms with van der Waals surface area (Å²) in [5.41, 5.74) is 0.625. The van der Waals surface area contributed by atoms with Gasteiger partial charge in [-0.25, -0.2) is 4.39 Å². The van der Waals surface area contributed by atoms with Crippen LogP contribution in [0.3, 0.4) is 0 Å². The maximum Gasteiger partial charge on any atom is 0.276 e. The Morgan fingerprint density at radius 3 is 2.62 bits per heavy atom. The Morgan fingerprint density at radius 1 is 1.24 bits per heavy atom. The van der Waals surface area contributed by atoms with Gasteiger partial charge in [-0.2, -0.15) is 0 Å². The molecule has 1 saturated heterocycles.